The fourth-order valence-corrected chi connectivity index (χ4v) is 3.29. The lowest BCUT2D eigenvalue weighted by Crippen LogP contribution is -2.10. The number of rotatable bonds is 6. The van der Waals surface area contributed by atoms with Gasteiger partial charge in [-0.1, -0.05) is 24.3 Å². The summed E-state index contributed by atoms with van der Waals surface area (Å²) in [7, 11) is 0. The molecule has 3 rings (SSSR count). The SMILES string of the molecule is Cc1cc(C(=O)c2cccc([N+](=O)[O-])c2)cc(C)c1C(=O)c1cccc([N+](=O)[O-])c1. The van der Waals surface area contributed by atoms with Crippen molar-refractivity contribution in [1.82, 2.24) is 0 Å². The van der Waals surface area contributed by atoms with Gasteiger partial charge in [0.2, 0.25) is 0 Å². The molecule has 0 heterocycles. The maximum Gasteiger partial charge on any atom is 0.270 e. The lowest BCUT2D eigenvalue weighted by molar-refractivity contribution is -0.385. The van der Waals surface area contributed by atoms with Gasteiger partial charge in [-0.3, -0.25) is 29.8 Å². The van der Waals surface area contributed by atoms with E-state index in [9.17, 15) is 29.8 Å². The van der Waals surface area contributed by atoms with Crippen LogP contribution in [0.4, 0.5) is 11.4 Å². The number of nitro benzene ring substituents is 2. The summed E-state index contributed by atoms with van der Waals surface area (Å²) in [6.45, 7) is 3.34. The van der Waals surface area contributed by atoms with Crippen LogP contribution in [0.3, 0.4) is 0 Å². The Hall–Kier alpha value is -4.20. The lowest BCUT2D eigenvalue weighted by Gasteiger charge is -2.12. The van der Waals surface area contributed by atoms with Crippen molar-refractivity contribution in [2.75, 3.05) is 0 Å². The van der Waals surface area contributed by atoms with Crippen LogP contribution < -0.4 is 0 Å². The third-order valence-corrected chi connectivity index (χ3v) is 4.66. The van der Waals surface area contributed by atoms with Gasteiger partial charge in [-0.15, -0.1) is 0 Å². The van der Waals surface area contributed by atoms with Crippen molar-refractivity contribution in [3.63, 3.8) is 0 Å². The van der Waals surface area contributed by atoms with Crippen LogP contribution in [0.25, 0.3) is 0 Å². The second-order valence-corrected chi connectivity index (χ2v) is 6.76. The highest BCUT2D eigenvalue weighted by Crippen LogP contribution is 2.24. The molecule has 0 bridgehead atoms. The minimum atomic E-state index is -0.575. The minimum absolute atomic E-state index is 0.167. The highest BCUT2D eigenvalue weighted by molar-refractivity contribution is 6.13. The smallest absolute Gasteiger partial charge is 0.270 e. The molecule has 0 aliphatic carbocycles. The van der Waals surface area contributed by atoms with Gasteiger partial charge >= 0.3 is 0 Å². The second-order valence-electron chi connectivity index (χ2n) is 6.76. The normalized spacial score (nSPS) is 10.5. The van der Waals surface area contributed by atoms with E-state index in [1.54, 1.807) is 26.0 Å². The number of aryl methyl sites for hydroxylation is 2. The van der Waals surface area contributed by atoms with Crippen LogP contribution in [-0.4, -0.2) is 21.4 Å². The third kappa shape index (κ3) is 3.97. The molecular weight excluding hydrogens is 388 g/mol. The van der Waals surface area contributed by atoms with Crippen LogP contribution in [0, 0.1) is 34.1 Å². The monoisotopic (exact) mass is 404 g/mol. The van der Waals surface area contributed by atoms with Crippen molar-refractivity contribution in [3.8, 4) is 0 Å². The van der Waals surface area contributed by atoms with E-state index < -0.39 is 15.6 Å². The molecule has 0 N–H and O–H groups in total. The lowest BCUT2D eigenvalue weighted by atomic mass is 9.90. The average Bonchev–Trinajstić information content (AvgIpc) is 2.72. The van der Waals surface area contributed by atoms with Crippen LogP contribution in [0.5, 0.6) is 0 Å². The van der Waals surface area contributed by atoms with Crippen molar-refractivity contribution in [1.29, 1.82) is 0 Å². The second kappa shape index (κ2) is 8.04. The van der Waals surface area contributed by atoms with Gasteiger partial charge in [0.15, 0.2) is 11.6 Å². The van der Waals surface area contributed by atoms with Crippen molar-refractivity contribution in [3.05, 3.63) is 114 Å². The molecule has 8 nitrogen and oxygen atoms in total. The number of carbonyl (C=O) groups excluding carboxylic acids is 2. The first-order valence-electron chi connectivity index (χ1n) is 8.88. The number of benzene rings is 3. The number of ketones is 2. The van der Waals surface area contributed by atoms with Gasteiger partial charge in [0.1, 0.15) is 0 Å². The molecule has 0 fully saturated rings. The maximum atomic E-state index is 13.0. The van der Waals surface area contributed by atoms with E-state index in [0.717, 1.165) is 0 Å². The predicted octanol–water partition coefficient (Wildman–Crippen LogP) is 4.58. The first kappa shape index (κ1) is 20.5. The van der Waals surface area contributed by atoms with Crippen LogP contribution in [0.15, 0.2) is 60.7 Å². The molecule has 0 aromatic heterocycles. The number of hydrogen-bond donors (Lipinski definition) is 0. The summed E-state index contributed by atoms with van der Waals surface area (Å²) in [4.78, 5) is 46.6. The molecule has 150 valence electrons. The topological polar surface area (TPSA) is 120 Å². The molecule has 3 aromatic rings. The van der Waals surface area contributed by atoms with E-state index in [-0.39, 0.29) is 28.3 Å². The van der Waals surface area contributed by atoms with E-state index in [2.05, 4.69) is 0 Å². The quantitative estimate of drug-likeness (QED) is 0.337. The molecule has 8 heteroatoms. The zero-order valence-electron chi connectivity index (χ0n) is 16.1. The molecule has 0 spiro atoms. The van der Waals surface area contributed by atoms with Gasteiger partial charge < -0.3 is 0 Å². The van der Waals surface area contributed by atoms with Gasteiger partial charge in [0, 0.05) is 46.5 Å². The summed E-state index contributed by atoms with van der Waals surface area (Å²) in [6.07, 6.45) is 0. The molecule has 30 heavy (non-hydrogen) atoms. The van der Waals surface area contributed by atoms with Gasteiger partial charge in [-0.05, 0) is 37.1 Å². The van der Waals surface area contributed by atoms with Crippen molar-refractivity contribution < 1.29 is 19.4 Å². The summed E-state index contributed by atoms with van der Waals surface area (Å²) < 4.78 is 0. The Bertz CT molecular complexity index is 1190. The van der Waals surface area contributed by atoms with Gasteiger partial charge in [-0.25, -0.2) is 0 Å². The Kier molecular flexibility index (Phi) is 5.50. The van der Waals surface area contributed by atoms with Gasteiger partial charge in [-0.2, -0.15) is 0 Å². The van der Waals surface area contributed by atoms with E-state index >= 15 is 0 Å². The van der Waals surface area contributed by atoms with E-state index in [1.807, 2.05) is 0 Å². The number of non-ortho nitro benzene ring substituents is 2. The Morgan fingerprint density at radius 1 is 0.667 bits per heavy atom. The van der Waals surface area contributed by atoms with E-state index in [4.69, 9.17) is 0 Å². The minimum Gasteiger partial charge on any atom is -0.289 e. The van der Waals surface area contributed by atoms with Crippen LogP contribution in [-0.2, 0) is 0 Å². The van der Waals surface area contributed by atoms with Gasteiger partial charge in [0.05, 0.1) is 9.85 Å². The van der Waals surface area contributed by atoms with Crippen LogP contribution >= 0.6 is 0 Å². The standard InChI is InChI=1S/C22H16N2O6/c1-13-9-17(21(25)15-5-3-7-18(11-15)23(27)28)10-14(2)20(13)22(26)16-6-4-8-19(12-16)24(29)30/h3-12H,1-2H3. The number of hydrogen-bond acceptors (Lipinski definition) is 6. The molecular formula is C22H16N2O6. The fourth-order valence-electron chi connectivity index (χ4n) is 3.29. The van der Waals surface area contributed by atoms with E-state index in [1.165, 1.54) is 48.5 Å². The molecule has 0 radical (unpaired) electrons. The molecule has 0 unspecified atom stereocenters. The number of carbonyl (C=O) groups is 2. The Morgan fingerprint density at radius 2 is 1.10 bits per heavy atom. The fraction of sp³-hybridized carbons (Fsp3) is 0.0909. The van der Waals surface area contributed by atoms with Crippen LogP contribution in [0.1, 0.15) is 43.0 Å². The summed E-state index contributed by atoms with van der Waals surface area (Å²) in [5.41, 5.74) is 1.67. The summed E-state index contributed by atoms with van der Waals surface area (Å²) >= 11 is 0. The molecule has 0 atom stereocenters. The molecule has 0 saturated heterocycles. The summed E-state index contributed by atoms with van der Waals surface area (Å²) in [5, 5.41) is 21.9. The van der Waals surface area contributed by atoms with Crippen LogP contribution in [0.2, 0.25) is 0 Å². The summed E-state index contributed by atoms with van der Waals surface area (Å²) in [6, 6.07) is 14.0. The maximum absolute atomic E-state index is 13.0. The number of nitrogens with zero attached hydrogens (tertiary/aromatic N) is 2. The highest BCUT2D eigenvalue weighted by atomic mass is 16.6. The predicted molar refractivity (Wildman–Crippen MR) is 109 cm³/mol. The van der Waals surface area contributed by atoms with E-state index in [0.29, 0.717) is 22.3 Å². The first-order valence-corrected chi connectivity index (χ1v) is 8.88. The molecule has 0 saturated carbocycles. The Balaban J connectivity index is 2.00. The first-order chi connectivity index (χ1) is 14.2. The Labute approximate surface area is 171 Å². The van der Waals surface area contributed by atoms with Crippen molar-refractivity contribution in [2.45, 2.75) is 13.8 Å². The van der Waals surface area contributed by atoms with Crippen molar-refractivity contribution in [2.24, 2.45) is 0 Å². The summed E-state index contributed by atoms with van der Waals surface area (Å²) in [5.74, 6) is -0.790. The molecule has 0 aliphatic heterocycles. The highest BCUT2D eigenvalue weighted by Gasteiger charge is 2.20. The van der Waals surface area contributed by atoms with Crippen molar-refractivity contribution >= 4 is 22.9 Å². The Morgan fingerprint density at radius 3 is 1.53 bits per heavy atom. The number of nitro groups is 2. The zero-order valence-corrected chi connectivity index (χ0v) is 16.1. The zero-order chi connectivity index (χ0) is 22.0. The molecule has 0 aliphatic rings. The molecule has 3 aromatic carbocycles. The largest absolute Gasteiger partial charge is 0.289 e. The third-order valence-electron chi connectivity index (χ3n) is 4.66. The average molecular weight is 404 g/mol. The molecule has 0 amide bonds. The van der Waals surface area contributed by atoms with Gasteiger partial charge in [0.25, 0.3) is 11.4 Å².